The minimum absolute atomic E-state index is 0.0388. The van der Waals surface area contributed by atoms with E-state index in [-0.39, 0.29) is 17.7 Å². The fraction of sp³-hybridized carbons (Fsp3) is 0.286. The second-order valence-corrected chi connectivity index (χ2v) is 7.00. The van der Waals surface area contributed by atoms with Gasteiger partial charge in [-0.1, -0.05) is 29.8 Å². The fourth-order valence-electron chi connectivity index (χ4n) is 2.86. The molecule has 0 aliphatic carbocycles. The van der Waals surface area contributed by atoms with Crippen LogP contribution in [0.4, 0.5) is 4.39 Å². The Labute approximate surface area is 173 Å². The monoisotopic (exact) mass is 421 g/mol. The van der Waals surface area contributed by atoms with Crippen LogP contribution in [0, 0.1) is 5.82 Å². The lowest BCUT2D eigenvalue weighted by Crippen LogP contribution is -2.35. The van der Waals surface area contributed by atoms with Crippen molar-refractivity contribution in [1.29, 1.82) is 0 Å². The Morgan fingerprint density at radius 2 is 1.97 bits per heavy atom. The summed E-state index contributed by atoms with van der Waals surface area (Å²) in [6.07, 6.45) is 4.35. The predicted molar refractivity (Wildman–Crippen MR) is 112 cm³/mol. The number of aliphatic hydroxyl groups excluding tert-OH is 2. The average Bonchev–Trinajstić information content (AvgIpc) is 2.72. The minimum Gasteiger partial charge on any atom is -0.404 e. The second kappa shape index (κ2) is 10.9. The quantitative estimate of drug-likeness (QED) is 0.425. The molecule has 1 amide bonds. The van der Waals surface area contributed by atoms with Crippen LogP contribution in [0.25, 0.3) is 12.3 Å². The molecule has 156 valence electrons. The van der Waals surface area contributed by atoms with Crippen molar-refractivity contribution in [2.45, 2.75) is 24.9 Å². The van der Waals surface area contributed by atoms with E-state index in [0.29, 0.717) is 34.4 Å². The Balaban J connectivity index is 2.28. The molecule has 0 saturated heterocycles. The third-order valence-electron chi connectivity index (χ3n) is 4.45. The van der Waals surface area contributed by atoms with Crippen LogP contribution < -0.4 is 27.2 Å². The summed E-state index contributed by atoms with van der Waals surface area (Å²) in [7, 11) is 0. The molecular formula is C21H25ClFN3O3. The van der Waals surface area contributed by atoms with Gasteiger partial charge in [0.25, 0.3) is 5.91 Å². The first kappa shape index (κ1) is 22.8. The highest BCUT2D eigenvalue weighted by molar-refractivity contribution is 6.30. The molecule has 0 aliphatic rings. The van der Waals surface area contributed by atoms with Crippen LogP contribution in [0.1, 0.15) is 34.8 Å². The van der Waals surface area contributed by atoms with E-state index in [1.807, 2.05) is 0 Å². The van der Waals surface area contributed by atoms with E-state index < -0.39 is 24.4 Å². The molecule has 7 N–H and O–H groups in total. The van der Waals surface area contributed by atoms with Crippen molar-refractivity contribution in [1.82, 2.24) is 5.32 Å². The highest BCUT2D eigenvalue weighted by Crippen LogP contribution is 2.20. The zero-order valence-electron chi connectivity index (χ0n) is 15.8. The largest absolute Gasteiger partial charge is 0.404 e. The molecule has 0 saturated carbocycles. The second-order valence-electron chi connectivity index (χ2n) is 6.59. The van der Waals surface area contributed by atoms with Gasteiger partial charge in [0.1, 0.15) is 5.82 Å². The van der Waals surface area contributed by atoms with E-state index in [4.69, 9.17) is 28.2 Å². The summed E-state index contributed by atoms with van der Waals surface area (Å²) in [6, 6.07) is 7.91. The number of nitrogens with one attached hydrogen (secondary N) is 1. The van der Waals surface area contributed by atoms with Gasteiger partial charge in [-0.15, -0.1) is 0 Å². The van der Waals surface area contributed by atoms with Gasteiger partial charge in [0.05, 0.1) is 17.7 Å². The van der Waals surface area contributed by atoms with E-state index in [0.717, 1.165) is 0 Å². The first-order valence-electron chi connectivity index (χ1n) is 9.16. The lowest BCUT2D eigenvalue weighted by atomic mass is 10.0. The van der Waals surface area contributed by atoms with Gasteiger partial charge in [-0.2, -0.15) is 0 Å². The lowest BCUT2D eigenvalue weighted by molar-refractivity contribution is 0.0916. The maximum atomic E-state index is 13.7. The van der Waals surface area contributed by atoms with Gasteiger partial charge >= 0.3 is 0 Å². The van der Waals surface area contributed by atoms with Gasteiger partial charge in [-0.3, -0.25) is 4.79 Å². The van der Waals surface area contributed by atoms with E-state index in [1.54, 1.807) is 30.3 Å². The molecule has 0 radical (unpaired) electrons. The number of nitrogens with two attached hydrogens (primary N) is 2. The van der Waals surface area contributed by atoms with Crippen LogP contribution >= 0.6 is 11.6 Å². The lowest BCUT2D eigenvalue weighted by Gasteiger charge is -2.17. The number of hydrogen-bond acceptors (Lipinski definition) is 5. The molecule has 2 aromatic rings. The van der Waals surface area contributed by atoms with Gasteiger partial charge in [0.15, 0.2) is 0 Å². The minimum atomic E-state index is -0.797. The normalized spacial score (nSPS) is 14.7. The molecule has 0 fully saturated rings. The maximum absolute atomic E-state index is 13.7. The molecule has 0 spiro atoms. The summed E-state index contributed by atoms with van der Waals surface area (Å²) in [5.74, 6) is -1.07. The summed E-state index contributed by atoms with van der Waals surface area (Å²) in [4.78, 5) is 12.7. The van der Waals surface area contributed by atoms with Gasteiger partial charge in [-0.05, 0) is 53.1 Å². The van der Waals surface area contributed by atoms with E-state index in [1.165, 1.54) is 18.3 Å². The molecule has 8 heteroatoms. The average molecular weight is 422 g/mol. The Bertz CT molecular complexity index is 968. The number of carbonyl (C=O) groups excluding carboxylic acids is 1. The van der Waals surface area contributed by atoms with Crippen LogP contribution in [0.3, 0.4) is 0 Å². The van der Waals surface area contributed by atoms with E-state index in [9.17, 15) is 14.3 Å². The summed E-state index contributed by atoms with van der Waals surface area (Å²) < 4.78 is 13.7. The first-order valence-corrected chi connectivity index (χ1v) is 9.54. The molecule has 2 unspecified atom stereocenters. The van der Waals surface area contributed by atoms with Crippen molar-refractivity contribution < 1.29 is 19.4 Å². The Morgan fingerprint density at radius 3 is 2.59 bits per heavy atom. The standard InChI is InChI=1S/C21H25ClFN3O3/c22-18-6-5-13(10-19(18)23)20(12-28)26-21(29)14-3-4-15(11-24)16(8-14)9-17(25)2-1-7-27/h3-6,8-11,17,20,27-28H,1-2,7,12,24-25H2,(H,26,29)/b15-11-,16-9-. The zero-order valence-corrected chi connectivity index (χ0v) is 16.6. The first-order chi connectivity index (χ1) is 13.9. The molecule has 0 heterocycles. The number of rotatable bonds is 8. The van der Waals surface area contributed by atoms with Crippen LogP contribution in [-0.4, -0.2) is 35.4 Å². The smallest absolute Gasteiger partial charge is 0.251 e. The van der Waals surface area contributed by atoms with Gasteiger partial charge in [-0.25, -0.2) is 4.39 Å². The van der Waals surface area contributed by atoms with Gasteiger partial charge in [0, 0.05) is 24.4 Å². The number of benzene rings is 2. The zero-order chi connectivity index (χ0) is 21.4. The van der Waals surface area contributed by atoms with Gasteiger partial charge < -0.3 is 27.0 Å². The Kier molecular flexibility index (Phi) is 8.60. The van der Waals surface area contributed by atoms with Crippen LogP contribution in [0.2, 0.25) is 5.02 Å². The maximum Gasteiger partial charge on any atom is 0.251 e. The molecule has 2 rings (SSSR count). The van der Waals surface area contributed by atoms with Crippen molar-refractivity contribution >= 4 is 29.8 Å². The highest BCUT2D eigenvalue weighted by Gasteiger charge is 2.16. The summed E-state index contributed by atoms with van der Waals surface area (Å²) in [5.41, 5.74) is 12.4. The molecular weight excluding hydrogens is 397 g/mol. The van der Waals surface area contributed by atoms with E-state index >= 15 is 0 Å². The van der Waals surface area contributed by atoms with Crippen LogP contribution in [-0.2, 0) is 0 Å². The molecule has 2 atom stereocenters. The van der Waals surface area contributed by atoms with Crippen molar-refractivity contribution in [2.75, 3.05) is 13.2 Å². The number of hydrogen-bond donors (Lipinski definition) is 5. The number of carbonyl (C=O) groups is 1. The molecule has 0 bridgehead atoms. The van der Waals surface area contributed by atoms with Crippen molar-refractivity contribution in [3.63, 3.8) is 0 Å². The molecule has 0 aromatic heterocycles. The molecule has 29 heavy (non-hydrogen) atoms. The number of halogens is 2. The third-order valence-corrected chi connectivity index (χ3v) is 4.76. The SMILES string of the molecule is N/C=c1/ccc(C(=O)NC(CO)c2ccc(Cl)c(F)c2)c/c1=C/C(N)CCCO. The molecule has 6 nitrogen and oxygen atoms in total. The van der Waals surface area contributed by atoms with Gasteiger partial charge in [0.2, 0.25) is 0 Å². The Morgan fingerprint density at radius 1 is 1.21 bits per heavy atom. The van der Waals surface area contributed by atoms with Crippen molar-refractivity contribution in [2.24, 2.45) is 11.5 Å². The molecule has 2 aromatic carbocycles. The topological polar surface area (TPSA) is 122 Å². The summed E-state index contributed by atoms with van der Waals surface area (Å²) in [6.45, 7) is -0.361. The number of amides is 1. The van der Waals surface area contributed by atoms with Crippen LogP contribution in [0.5, 0.6) is 0 Å². The number of aliphatic hydroxyl groups is 2. The Hall–Kier alpha value is -2.45. The van der Waals surface area contributed by atoms with Crippen molar-refractivity contribution in [3.05, 3.63) is 68.8 Å². The molecule has 0 aliphatic heterocycles. The summed E-state index contributed by atoms with van der Waals surface area (Å²) >= 11 is 5.68. The highest BCUT2D eigenvalue weighted by atomic mass is 35.5. The predicted octanol–water partition coefficient (Wildman–Crippen LogP) is 0.519. The van der Waals surface area contributed by atoms with Crippen molar-refractivity contribution in [3.8, 4) is 0 Å². The fourth-order valence-corrected chi connectivity index (χ4v) is 2.98. The van der Waals surface area contributed by atoms with E-state index in [2.05, 4.69) is 5.32 Å². The summed E-state index contributed by atoms with van der Waals surface area (Å²) in [5, 5.41) is 22.6. The third kappa shape index (κ3) is 6.27. The van der Waals surface area contributed by atoms with Crippen LogP contribution in [0.15, 0.2) is 36.4 Å².